The summed E-state index contributed by atoms with van der Waals surface area (Å²) in [5.41, 5.74) is 5.95. The van der Waals surface area contributed by atoms with E-state index in [0.717, 1.165) is 44.0 Å². The lowest BCUT2D eigenvalue weighted by molar-refractivity contribution is -0.142. The first-order valence-electron chi connectivity index (χ1n) is 10.3. The third-order valence-corrected chi connectivity index (χ3v) is 5.90. The van der Waals surface area contributed by atoms with Crippen LogP contribution >= 0.6 is 11.8 Å². The quantitative estimate of drug-likeness (QED) is 0.248. The summed E-state index contributed by atoms with van der Waals surface area (Å²) in [6.45, 7) is 1.85. The number of carbonyl (C=O) groups is 1. The molecule has 0 aliphatic heterocycles. The zero-order chi connectivity index (χ0) is 23.6. The van der Waals surface area contributed by atoms with Crippen molar-refractivity contribution in [1.82, 2.24) is 0 Å². The number of thioether (sulfide) groups is 1. The molecule has 0 atom stereocenters. The van der Waals surface area contributed by atoms with Gasteiger partial charge in [-0.1, -0.05) is 42.2 Å². The lowest BCUT2D eigenvalue weighted by Gasteiger charge is -2.11. The molecule has 0 saturated heterocycles. The Hall–Kier alpha value is -3.86. The van der Waals surface area contributed by atoms with E-state index in [1.807, 2.05) is 73.7 Å². The molecule has 0 bridgehead atoms. The molecular formula is C29H24O3S. The Morgan fingerprint density at radius 3 is 2.00 bits per heavy atom. The summed E-state index contributed by atoms with van der Waals surface area (Å²) in [5.74, 6) is 6.35. The van der Waals surface area contributed by atoms with Crippen LogP contribution in [0.4, 0.5) is 0 Å². The zero-order valence-electron chi connectivity index (χ0n) is 18.6. The van der Waals surface area contributed by atoms with Gasteiger partial charge in [0.05, 0.1) is 7.11 Å². The van der Waals surface area contributed by atoms with Crippen molar-refractivity contribution in [1.29, 1.82) is 0 Å². The van der Waals surface area contributed by atoms with Crippen LogP contribution in [0.25, 0.3) is 5.57 Å². The van der Waals surface area contributed by atoms with Crippen molar-refractivity contribution in [2.45, 2.75) is 11.8 Å². The van der Waals surface area contributed by atoms with Gasteiger partial charge in [0.2, 0.25) is 0 Å². The van der Waals surface area contributed by atoms with Gasteiger partial charge in [0.1, 0.15) is 5.75 Å². The Morgan fingerprint density at radius 2 is 1.52 bits per heavy atom. The van der Waals surface area contributed by atoms with Crippen molar-refractivity contribution in [3.63, 3.8) is 0 Å². The van der Waals surface area contributed by atoms with Gasteiger partial charge in [0, 0.05) is 21.8 Å². The topological polar surface area (TPSA) is 35.5 Å². The number of ether oxygens (including phenoxy) is 2. The molecule has 0 aromatic heterocycles. The predicted octanol–water partition coefficient (Wildman–Crippen LogP) is 5.73. The van der Waals surface area contributed by atoms with E-state index in [4.69, 9.17) is 17.6 Å². The van der Waals surface area contributed by atoms with Crippen LogP contribution in [-0.4, -0.2) is 25.4 Å². The summed E-state index contributed by atoms with van der Waals surface area (Å²) in [4.78, 5) is 12.4. The maximum Gasteiger partial charge on any atom is 0.343 e. The normalized spacial score (nSPS) is 9.94. The molecule has 164 valence electrons. The Balaban J connectivity index is 1.78. The van der Waals surface area contributed by atoms with E-state index in [-0.39, 0.29) is 6.61 Å². The maximum atomic E-state index is 11.3. The van der Waals surface area contributed by atoms with Gasteiger partial charge in [0.25, 0.3) is 0 Å². The number of hydrogen-bond donors (Lipinski definition) is 0. The first kappa shape index (κ1) is 23.8. The third-order valence-electron chi connectivity index (χ3n) is 4.98. The van der Waals surface area contributed by atoms with Gasteiger partial charge in [-0.05, 0) is 71.7 Å². The minimum absolute atomic E-state index is 0.104. The molecule has 0 N–H and O–H groups in total. The van der Waals surface area contributed by atoms with E-state index in [0.29, 0.717) is 5.75 Å². The van der Waals surface area contributed by atoms with Gasteiger partial charge >= 0.3 is 5.97 Å². The molecule has 0 aliphatic rings. The van der Waals surface area contributed by atoms with E-state index in [9.17, 15) is 4.79 Å². The SMILES string of the molecule is C#Cc1ccc(C(=CCSc2ccc(OCC(=O)OC)c(C)c2)c2ccc(C#C)cc2)cc1. The Morgan fingerprint density at radius 1 is 0.939 bits per heavy atom. The van der Waals surface area contributed by atoms with Crippen molar-refractivity contribution in [2.75, 3.05) is 19.5 Å². The number of terminal acetylenes is 2. The van der Waals surface area contributed by atoms with Crippen molar-refractivity contribution < 1.29 is 14.3 Å². The fourth-order valence-electron chi connectivity index (χ4n) is 3.18. The molecule has 0 radical (unpaired) electrons. The molecule has 0 aliphatic carbocycles. The highest BCUT2D eigenvalue weighted by molar-refractivity contribution is 7.99. The molecule has 33 heavy (non-hydrogen) atoms. The van der Waals surface area contributed by atoms with Crippen LogP contribution < -0.4 is 4.74 Å². The first-order chi connectivity index (χ1) is 16.0. The van der Waals surface area contributed by atoms with E-state index in [2.05, 4.69) is 22.7 Å². The van der Waals surface area contributed by atoms with Gasteiger partial charge in [-0.2, -0.15) is 0 Å². The monoisotopic (exact) mass is 452 g/mol. The lowest BCUT2D eigenvalue weighted by Crippen LogP contribution is -2.12. The summed E-state index contributed by atoms with van der Waals surface area (Å²) < 4.78 is 10.1. The van der Waals surface area contributed by atoms with Gasteiger partial charge in [-0.3, -0.25) is 0 Å². The second kappa shape index (κ2) is 11.7. The van der Waals surface area contributed by atoms with Crippen LogP contribution in [0.2, 0.25) is 0 Å². The van der Waals surface area contributed by atoms with E-state index in [1.54, 1.807) is 11.8 Å². The molecular weight excluding hydrogens is 428 g/mol. The summed E-state index contributed by atoms with van der Waals surface area (Å²) in [6, 6.07) is 21.9. The van der Waals surface area contributed by atoms with Crippen LogP contribution in [0.5, 0.6) is 5.75 Å². The molecule has 0 saturated carbocycles. The highest BCUT2D eigenvalue weighted by Gasteiger charge is 2.08. The van der Waals surface area contributed by atoms with Crippen molar-refractivity contribution in [3.05, 3.63) is 101 Å². The molecule has 0 unspecified atom stereocenters. The number of carbonyl (C=O) groups excluding carboxylic acids is 1. The summed E-state index contributed by atoms with van der Waals surface area (Å²) in [5, 5.41) is 0. The third kappa shape index (κ3) is 6.56. The largest absolute Gasteiger partial charge is 0.482 e. The van der Waals surface area contributed by atoms with Gasteiger partial charge < -0.3 is 9.47 Å². The van der Waals surface area contributed by atoms with Crippen molar-refractivity contribution >= 4 is 23.3 Å². The minimum Gasteiger partial charge on any atom is -0.482 e. The van der Waals surface area contributed by atoms with Crippen molar-refractivity contribution in [2.24, 2.45) is 0 Å². The van der Waals surface area contributed by atoms with E-state index < -0.39 is 5.97 Å². The lowest BCUT2D eigenvalue weighted by atomic mass is 9.96. The number of methoxy groups -OCH3 is 1. The summed E-state index contributed by atoms with van der Waals surface area (Å²) >= 11 is 1.72. The van der Waals surface area contributed by atoms with Gasteiger partial charge in [-0.25, -0.2) is 4.79 Å². The standard InChI is InChI=1S/C29H24O3S/c1-5-22-7-11-24(12-8-22)27(25-13-9-23(6-2)10-14-25)17-18-33-26-15-16-28(21(3)19-26)32-20-29(30)31-4/h1-2,7-17,19H,18,20H2,3-4H3. The highest BCUT2D eigenvalue weighted by Crippen LogP contribution is 2.29. The Bertz CT molecular complexity index is 1160. The summed E-state index contributed by atoms with van der Waals surface area (Å²) in [6.07, 6.45) is 13.2. The van der Waals surface area contributed by atoms with Crippen LogP contribution in [0, 0.1) is 31.6 Å². The molecule has 0 fully saturated rings. The minimum atomic E-state index is -0.406. The molecule has 0 heterocycles. The second-order valence-corrected chi connectivity index (χ2v) is 8.26. The maximum absolute atomic E-state index is 11.3. The van der Waals surface area contributed by atoms with Gasteiger partial charge in [0.15, 0.2) is 6.61 Å². The Labute approximate surface area is 199 Å². The summed E-state index contributed by atoms with van der Waals surface area (Å²) in [7, 11) is 1.34. The molecule has 3 rings (SSSR count). The smallest absolute Gasteiger partial charge is 0.343 e. The van der Waals surface area contributed by atoms with Crippen LogP contribution in [-0.2, 0) is 9.53 Å². The predicted molar refractivity (Wildman–Crippen MR) is 135 cm³/mol. The highest BCUT2D eigenvalue weighted by atomic mass is 32.2. The second-order valence-electron chi connectivity index (χ2n) is 7.16. The van der Waals surface area contributed by atoms with Crippen LogP contribution in [0.15, 0.2) is 77.7 Å². The van der Waals surface area contributed by atoms with Gasteiger partial charge in [-0.15, -0.1) is 24.6 Å². The number of benzene rings is 3. The van der Waals surface area contributed by atoms with Crippen LogP contribution in [0.3, 0.4) is 0 Å². The van der Waals surface area contributed by atoms with E-state index in [1.165, 1.54) is 7.11 Å². The fraction of sp³-hybridized carbons (Fsp3) is 0.138. The van der Waals surface area contributed by atoms with Crippen LogP contribution in [0.1, 0.15) is 27.8 Å². The number of esters is 1. The molecule has 3 aromatic rings. The fourth-order valence-corrected chi connectivity index (χ4v) is 4.05. The Kier molecular flexibility index (Phi) is 8.42. The molecule has 3 aromatic carbocycles. The average Bonchev–Trinajstić information content (AvgIpc) is 2.86. The zero-order valence-corrected chi connectivity index (χ0v) is 19.4. The van der Waals surface area contributed by atoms with E-state index >= 15 is 0 Å². The van der Waals surface area contributed by atoms with Crippen molar-refractivity contribution in [3.8, 4) is 30.4 Å². The number of rotatable bonds is 8. The molecule has 4 heteroatoms. The molecule has 0 amide bonds. The number of aryl methyl sites for hydroxylation is 1. The molecule has 3 nitrogen and oxygen atoms in total. The molecule has 0 spiro atoms. The average molecular weight is 453 g/mol. The first-order valence-corrected chi connectivity index (χ1v) is 11.3. The number of hydrogen-bond acceptors (Lipinski definition) is 4.